The van der Waals surface area contributed by atoms with Crippen LogP contribution in [0.15, 0.2) is 52.1 Å². The van der Waals surface area contributed by atoms with Gasteiger partial charge in [-0.3, -0.25) is 4.79 Å². The molecule has 2 heterocycles. The fraction of sp³-hybridized carbons (Fsp3) is 0.318. The maximum absolute atomic E-state index is 13.3. The number of ether oxygens (including phenoxy) is 2. The summed E-state index contributed by atoms with van der Waals surface area (Å²) in [5.74, 6) is 1.60. The van der Waals surface area contributed by atoms with Gasteiger partial charge in [0.2, 0.25) is 6.79 Å². The molecule has 144 valence electrons. The quantitative estimate of drug-likeness (QED) is 0.621. The van der Waals surface area contributed by atoms with E-state index in [0.29, 0.717) is 17.9 Å². The van der Waals surface area contributed by atoms with Gasteiger partial charge in [0.25, 0.3) is 0 Å². The number of allylic oxidation sites excluding steroid dienone is 1. The number of anilines is 2. The van der Waals surface area contributed by atoms with E-state index in [1.165, 1.54) is 0 Å². The van der Waals surface area contributed by atoms with Crippen LogP contribution in [0.5, 0.6) is 11.5 Å². The van der Waals surface area contributed by atoms with Crippen molar-refractivity contribution >= 4 is 33.1 Å². The van der Waals surface area contributed by atoms with Crippen LogP contribution in [0.25, 0.3) is 0 Å². The Morgan fingerprint density at radius 2 is 1.79 bits per heavy atom. The lowest BCUT2D eigenvalue weighted by Crippen LogP contribution is -2.31. The minimum atomic E-state index is -0.279. The number of carbonyl (C=O) groups is 1. The van der Waals surface area contributed by atoms with Crippen molar-refractivity contribution in [1.82, 2.24) is 0 Å². The lowest BCUT2D eigenvalue weighted by Gasteiger charge is -2.34. The predicted octanol–water partition coefficient (Wildman–Crippen LogP) is 5.40. The highest BCUT2D eigenvalue weighted by Crippen LogP contribution is 2.48. The number of halogens is 1. The number of carbonyl (C=O) groups excluding carboxylic acids is 1. The second kappa shape index (κ2) is 6.27. The topological polar surface area (TPSA) is 59.6 Å². The molecule has 0 saturated carbocycles. The first-order valence-electron chi connectivity index (χ1n) is 9.39. The van der Waals surface area contributed by atoms with Crippen LogP contribution in [0.3, 0.4) is 0 Å². The van der Waals surface area contributed by atoms with Crippen LogP contribution in [-0.2, 0) is 4.79 Å². The maximum Gasteiger partial charge on any atom is 0.231 e. The van der Waals surface area contributed by atoms with E-state index in [1.807, 2.05) is 36.4 Å². The normalized spacial score (nSPS) is 22.0. The smallest absolute Gasteiger partial charge is 0.231 e. The van der Waals surface area contributed by atoms with Crippen molar-refractivity contribution in [2.24, 2.45) is 5.41 Å². The van der Waals surface area contributed by atoms with E-state index in [9.17, 15) is 4.79 Å². The van der Waals surface area contributed by atoms with Gasteiger partial charge in [-0.05, 0) is 41.7 Å². The summed E-state index contributed by atoms with van der Waals surface area (Å²) in [6.45, 7) is 4.51. The third-order valence-electron chi connectivity index (χ3n) is 5.52. The Bertz CT molecular complexity index is 1030. The fourth-order valence-corrected chi connectivity index (χ4v) is 4.83. The molecule has 5 nitrogen and oxygen atoms in total. The van der Waals surface area contributed by atoms with E-state index in [-0.39, 0.29) is 24.0 Å². The molecule has 0 spiro atoms. The van der Waals surface area contributed by atoms with Gasteiger partial charge in [0.1, 0.15) is 0 Å². The van der Waals surface area contributed by atoms with Crippen LogP contribution in [-0.4, -0.2) is 12.6 Å². The number of ketones is 1. The van der Waals surface area contributed by atoms with Crippen molar-refractivity contribution < 1.29 is 14.3 Å². The van der Waals surface area contributed by atoms with Crippen LogP contribution in [0, 0.1) is 5.41 Å². The molecule has 0 radical (unpaired) electrons. The summed E-state index contributed by atoms with van der Waals surface area (Å²) in [4.78, 5) is 13.3. The van der Waals surface area contributed by atoms with Gasteiger partial charge in [0.05, 0.1) is 17.4 Å². The Balaban J connectivity index is 1.70. The number of rotatable bonds is 1. The molecule has 28 heavy (non-hydrogen) atoms. The number of nitrogens with one attached hydrogen (secondary N) is 2. The molecule has 2 aromatic carbocycles. The molecular formula is C22H21BrN2O3. The van der Waals surface area contributed by atoms with E-state index < -0.39 is 0 Å². The molecule has 0 bridgehead atoms. The molecule has 2 aliphatic heterocycles. The van der Waals surface area contributed by atoms with E-state index in [1.54, 1.807) is 0 Å². The van der Waals surface area contributed by atoms with Gasteiger partial charge in [-0.25, -0.2) is 0 Å². The molecule has 1 aliphatic carbocycles. The predicted molar refractivity (Wildman–Crippen MR) is 112 cm³/mol. The average molecular weight is 441 g/mol. The monoisotopic (exact) mass is 440 g/mol. The van der Waals surface area contributed by atoms with Crippen molar-refractivity contribution in [1.29, 1.82) is 0 Å². The number of hydrogen-bond donors (Lipinski definition) is 2. The third kappa shape index (κ3) is 2.87. The SMILES string of the molecule is CC1(C)CC(=O)C2=C(C1)Nc1ccccc1N[C@H]2c1cc2c(cc1Br)OCO2. The summed E-state index contributed by atoms with van der Waals surface area (Å²) < 4.78 is 12.0. The molecule has 1 atom stereocenters. The largest absolute Gasteiger partial charge is 0.454 e. The molecule has 3 aliphatic rings. The summed E-state index contributed by atoms with van der Waals surface area (Å²) in [5.41, 5.74) is 4.64. The average Bonchev–Trinajstić information content (AvgIpc) is 3.00. The number of Topliss-reactive ketones (excluding diaryl/α,β-unsaturated/α-hetero) is 1. The first-order chi connectivity index (χ1) is 13.4. The Morgan fingerprint density at radius 1 is 1.07 bits per heavy atom. The standard InChI is InChI=1S/C22H21BrN2O3/c1-22(2)9-16-20(17(26)10-22)21(25-15-6-4-3-5-14(15)24-16)12-7-18-19(8-13(12)23)28-11-27-18/h3-8,21,24-25H,9-11H2,1-2H3/t21-/m0/s1. The number of para-hydroxylation sites is 2. The zero-order chi connectivity index (χ0) is 19.5. The van der Waals surface area contributed by atoms with Crippen molar-refractivity contribution in [2.75, 3.05) is 17.4 Å². The van der Waals surface area contributed by atoms with Gasteiger partial charge in [-0.2, -0.15) is 0 Å². The van der Waals surface area contributed by atoms with Crippen LogP contribution in [0.2, 0.25) is 0 Å². The van der Waals surface area contributed by atoms with E-state index in [4.69, 9.17) is 9.47 Å². The third-order valence-corrected chi connectivity index (χ3v) is 6.21. The minimum Gasteiger partial charge on any atom is -0.454 e. The van der Waals surface area contributed by atoms with Crippen molar-refractivity contribution in [3.63, 3.8) is 0 Å². The summed E-state index contributed by atoms with van der Waals surface area (Å²) in [7, 11) is 0. The fourth-order valence-electron chi connectivity index (χ4n) is 4.28. The van der Waals surface area contributed by atoms with Gasteiger partial charge < -0.3 is 20.1 Å². The van der Waals surface area contributed by atoms with Crippen molar-refractivity contribution in [3.8, 4) is 11.5 Å². The molecule has 2 aromatic rings. The molecule has 0 fully saturated rings. The zero-order valence-electron chi connectivity index (χ0n) is 15.8. The van der Waals surface area contributed by atoms with Crippen LogP contribution in [0.1, 0.15) is 38.3 Å². The highest BCUT2D eigenvalue weighted by atomic mass is 79.9. The van der Waals surface area contributed by atoms with Gasteiger partial charge in [0.15, 0.2) is 17.3 Å². The lowest BCUT2D eigenvalue weighted by atomic mass is 9.73. The summed E-state index contributed by atoms with van der Waals surface area (Å²) in [6, 6.07) is 11.7. The number of hydrogen-bond acceptors (Lipinski definition) is 5. The molecule has 6 heteroatoms. The molecule has 2 N–H and O–H groups in total. The summed E-state index contributed by atoms with van der Waals surface area (Å²) in [6.07, 6.45) is 1.35. The second-order valence-electron chi connectivity index (χ2n) is 8.31. The lowest BCUT2D eigenvalue weighted by molar-refractivity contribution is -0.118. The van der Waals surface area contributed by atoms with Crippen molar-refractivity contribution in [3.05, 3.63) is 57.7 Å². The summed E-state index contributed by atoms with van der Waals surface area (Å²) in [5, 5.41) is 7.14. The Labute approximate surface area is 172 Å². The Hall–Kier alpha value is -2.47. The van der Waals surface area contributed by atoms with E-state index in [0.717, 1.165) is 39.1 Å². The van der Waals surface area contributed by atoms with Crippen LogP contribution < -0.4 is 20.1 Å². The second-order valence-corrected chi connectivity index (χ2v) is 9.16. The summed E-state index contributed by atoms with van der Waals surface area (Å²) >= 11 is 3.68. The number of benzene rings is 2. The van der Waals surface area contributed by atoms with Gasteiger partial charge >= 0.3 is 0 Å². The van der Waals surface area contributed by atoms with E-state index in [2.05, 4.69) is 40.4 Å². The van der Waals surface area contributed by atoms with Gasteiger partial charge in [-0.15, -0.1) is 0 Å². The van der Waals surface area contributed by atoms with Gasteiger partial charge in [0, 0.05) is 22.2 Å². The maximum atomic E-state index is 13.3. The minimum absolute atomic E-state index is 0.0706. The molecule has 0 saturated heterocycles. The number of fused-ring (bicyclic) bond motifs is 2. The highest BCUT2D eigenvalue weighted by molar-refractivity contribution is 9.10. The Kier molecular flexibility index (Phi) is 3.95. The highest BCUT2D eigenvalue weighted by Gasteiger charge is 2.39. The van der Waals surface area contributed by atoms with Crippen LogP contribution >= 0.6 is 15.9 Å². The van der Waals surface area contributed by atoms with Gasteiger partial charge in [-0.1, -0.05) is 41.9 Å². The molecule has 0 unspecified atom stereocenters. The molecule has 0 aromatic heterocycles. The van der Waals surface area contributed by atoms with Crippen LogP contribution in [0.4, 0.5) is 11.4 Å². The molecular weight excluding hydrogens is 420 g/mol. The molecule has 5 rings (SSSR count). The first-order valence-corrected chi connectivity index (χ1v) is 10.2. The van der Waals surface area contributed by atoms with Crippen molar-refractivity contribution in [2.45, 2.75) is 32.7 Å². The first kappa shape index (κ1) is 17.6. The zero-order valence-corrected chi connectivity index (χ0v) is 17.4. The van der Waals surface area contributed by atoms with E-state index >= 15 is 0 Å². The Morgan fingerprint density at radius 3 is 2.57 bits per heavy atom. The molecule has 0 amide bonds.